The normalized spacial score (nSPS) is 23.5. The number of aromatic nitrogens is 2. The van der Waals surface area contributed by atoms with Crippen molar-refractivity contribution >= 4 is 0 Å². The van der Waals surface area contributed by atoms with Crippen molar-refractivity contribution in [3.8, 4) is 0 Å². The molecule has 2 aromatic rings. The third kappa shape index (κ3) is 3.42. The van der Waals surface area contributed by atoms with E-state index >= 15 is 0 Å². The molecule has 24 heavy (non-hydrogen) atoms. The molecule has 1 saturated carbocycles. The summed E-state index contributed by atoms with van der Waals surface area (Å²) in [5, 5.41) is 8.16. The zero-order valence-corrected chi connectivity index (χ0v) is 13.7. The molecule has 1 N–H and O–H groups in total. The molecule has 2 heterocycles. The van der Waals surface area contributed by atoms with Crippen LogP contribution >= 0.6 is 0 Å². The summed E-state index contributed by atoms with van der Waals surface area (Å²) in [5.41, 5.74) is 2.32. The Hall–Kier alpha value is -1.98. The number of hydrogen-bond acceptors (Lipinski definition) is 4. The van der Waals surface area contributed by atoms with Crippen LogP contribution in [0.25, 0.3) is 0 Å². The third-order valence-corrected chi connectivity index (χ3v) is 4.87. The fourth-order valence-corrected chi connectivity index (χ4v) is 3.30. The first kappa shape index (κ1) is 15.5. The van der Waals surface area contributed by atoms with Crippen molar-refractivity contribution in [2.24, 2.45) is 0 Å². The van der Waals surface area contributed by atoms with E-state index in [-0.39, 0.29) is 17.6 Å². The highest BCUT2D eigenvalue weighted by molar-refractivity contribution is 5.15. The van der Waals surface area contributed by atoms with Crippen molar-refractivity contribution in [2.75, 3.05) is 19.8 Å². The highest BCUT2D eigenvalue weighted by Crippen LogP contribution is 2.38. The summed E-state index contributed by atoms with van der Waals surface area (Å²) in [5.74, 6) is 0.545. The van der Waals surface area contributed by atoms with Crippen molar-refractivity contribution in [2.45, 2.75) is 37.3 Å². The van der Waals surface area contributed by atoms with Gasteiger partial charge in [-0.25, -0.2) is 4.68 Å². The lowest BCUT2D eigenvalue weighted by molar-refractivity contribution is 0.180. The lowest BCUT2D eigenvalue weighted by Crippen LogP contribution is -2.42. The molecule has 0 radical (unpaired) electrons. The fourth-order valence-electron chi connectivity index (χ4n) is 3.30. The summed E-state index contributed by atoms with van der Waals surface area (Å²) in [6.45, 7) is 2.04. The molecule has 2 unspecified atom stereocenters. The van der Waals surface area contributed by atoms with Gasteiger partial charge in [0.1, 0.15) is 0 Å². The Morgan fingerprint density at radius 3 is 2.75 bits per heavy atom. The van der Waals surface area contributed by atoms with Crippen molar-refractivity contribution in [1.29, 1.82) is 0 Å². The van der Waals surface area contributed by atoms with Crippen molar-refractivity contribution in [3.05, 3.63) is 64.1 Å². The summed E-state index contributed by atoms with van der Waals surface area (Å²) < 4.78 is 7.28. The molecule has 0 bridgehead atoms. The first-order valence-electron chi connectivity index (χ1n) is 8.76. The minimum Gasteiger partial charge on any atom is -0.377 e. The average molecular weight is 325 g/mol. The lowest BCUT2D eigenvalue weighted by atomic mass is 10.1. The van der Waals surface area contributed by atoms with E-state index in [1.54, 1.807) is 10.7 Å². The Bertz CT molecular complexity index is 740. The van der Waals surface area contributed by atoms with Gasteiger partial charge in [-0.15, -0.1) is 0 Å². The van der Waals surface area contributed by atoms with Gasteiger partial charge < -0.3 is 10.1 Å². The molecule has 1 aromatic carbocycles. The van der Waals surface area contributed by atoms with E-state index in [0.29, 0.717) is 19.1 Å². The smallest absolute Gasteiger partial charge is 0.267 e. The maximum atomic E-state index is 12.3. The van der Waals surface area contributed by atoms with Crippen LogP contribution in [0.3, 0.4) is 0 Å². The number of ether oxygens (including phenoxy) is 1. The van der Waals surface area contributed by atoms with Crippen LogP contribution in [0.1, 0.15) is 36.1 Å². The topological polar surface area (TPSA) is 56.2 Å². The number of rotatable bonds is 6. The van der Waals surface area contributed by atoms with E-state index < -0.39 is 0 Å². The predicted molar refractivity (Wildman–Crippen MR) is 92.3 cm³/mol. The van der Waals surface area contributed by atoms with Crippen LogP contribution in [0.5, 0.6) is 0 Å². The molecule has 1 aliphatic heterocycles. The van der Waals surface area contributed by atoms with E-state index in [1.165, 1.54) is 18.4 Å². The van der Waals surface area contributed by atoms with Gasteiger partial charge in [0.15, 0.2) is 0 Å². The molecular weight excluding hydrogens is 302 g/mol. The first-order chi connectivity index (χ1) is 11.8. The molecule has 2 aliphatic rings. The van der Waals surface area contributed by atoms with Gasteiger partial charge >= 0.3 is 0 Å². The van der Waals surface area contributed by atoms with Crippen LogP contribution in [-0.4, -0.2) is 35.6 Å². The molecule has 2 atom stereocenters. The number of nitrogens with one attached hydrogen (secondary N) is 1. The van der Waals surface area contributed by atoms with E-state index in [0.717, 1.165) is 18.7 Å². The van der Waals surface area contributed by atoms with Gasteiger partial charge in [0.05, 0.1) is 31.0 Å². The SMILES string of the molecule is O=c1ccc(C2CC2)nn1C1COCC1NCCc1ccccc1. The van der Waals surface area contributed by atoms with Crippen LogP contribution in [0.15, 0.2) is 47.3 Å². The monoisotopic (exact) mass is 325 g/mol. The predicted octanol–water partition coefficient (Wildman–Crippen LogP) is 1.89. The molecule has 126 valence electrons. The van der Waals surface area contributed by atoms with Gasteiger partial charge in [0.25, 0.3) is 5.56 Å². The van der Waals surface area contributed by atoms with Crippen molar-refractivity contribution in [3.63, 3.8) is 0 Å². The van der Waals surface area contributed by atoms with Crippen molar-refractivity contribution in [1.82, 2.24) is 15.1 Å². The van der Waals surface area contributed by atoms with E-state index in [2.05, 4.69) is 34.7 Å². The Morgan fingerprint density at radius 1 is 1.12 bits per heavy atom. The van der Waals surface area contributed by atoms with Gasteiger partial charge in [-0.05, 0) is 37.4 Å². The Morgan fingerprint density at radius 2 is 1.96 bits per heavy atom. The summed E-state index contributed by atoms with van der Waals surface area (Å²) in [6, 6.07) is 14.1. The fraction of sp³-hybridized carbons (Fsp3) is 0.474. The Labute approximate surface area is 141 Å². The number of nitrogens with zero attached hydrogens (tertiary/aromatic N) is 2. The molecule has 2 fully saturated rings. The largest absolute Gasteiger partial charge is 0.377 e. The van der Waals surface area contributed by atoms with Gasteiger partial charge in [0.2, 0.25) is 0 Å². The zero-order chi connectivity index (χ0) is 16.4. The third-order valence-electron chi connectivity index (χ3n) is 4.87. The minimum absolute atomic E-state index is 0.0213. The van der Waals surface area contributed by atoms with E-state index in [9.17, 15) is 4.79 Å². The standard InChI is InChI=1S/C19H23N3O2/c23-19-9-8-16(15-6-7-15)21-22(19)18-13-24-12-17(18)20-11-10-14-4-2-1-3-5-14/h1-5,8-9,15,17-18,20H,6-7,10-13H2. The maximum absolute atomic E-state index is 12.3. The second kappa shape index (κ2) is 6.87. The highest BCUT2D eigenvalue weighted by atomic mass is 16.5. The summed E-state index contributed by atoms with van der Waals surface area (Å²) in [6.07, 6.45) is 3.34. The minimum atomic E-state index is -0.0373. The van der Waals surface area contributed by atoms with Crippen LogP contribution < -0.4 is 10.9 Å². The second-order valence-electron chi connectivity index (χ2n) is 6.72. The Balaban J connectivity index is 1.43. The van der Waals surface area contributed by atoms with Gasteiger partial charge in [-0.2, -0.15) is 5.10 Å². The molecule has 4 rings (SSSR count). The zero-order valence-electron chi connectivity index (χ0n) is 13.7. The highest BCUT2D eigenvalue weighted by Gasteiger charge is 2.32. The molecule has 5 nitrogen and oxygen atoms in total. The summed E-state index contributed by atoms with van der Waals surface area (Å²) in [7, 11) is 0. The van der Waals surface area contributed by atoms with Crippen molar-refractivity contribution < 1.29 is 4.74 Å². The molecular formula is C19H23N3O2. The van der Waals surface area contributed by atoms with Gasteiger partial charge in [0, 0.05) is 12.0 Å². The van der Waals surface area contributed by atoms with Crippen LogP contribution in [0, 0.1) is 0 Å². The second-order valence-corrected chi connectivity index (χ2v) is 6.72. The average Bonchev–Trinajstić information content (AvgIpc) is 3.36. The molecule has 0 amide bonds. The van der Waals surface area contributed by atoms with Gasteiger partial charge in [-0.1, -0.05) is 30.3 Å². The number of benzene rings is 1. The van der Waals surface area contributed by atoms with Crippen LogP contribution in [0.4, 0.5) is 0 Å². The Kier molecular flexibility index (Phi) is 4.45. The van der Waals surface area contributed by atoms with E-state index in [1.807, 2.05) is 12.1 Å². The molecule has 1 aliphatic carbocycles. The first-order valence-corrected chi connectivity index (χ1v) is 8.76. The lowest BCUT2D eigenvalue weighted by Gasteiger charge is -2.20. The maximum Gasteiger partial charge on any atom is 0.267 e. The van der Waals surface area contributed by atoms with Gasteiger partial charge in [-0.3, -0.25) is 4.79 Å². The van der Waals surface area contributed by atoms with Crippen LogP contribution in [-0.2, 0) is 11.2 Å². The molecule has 0 spiro atoms. The molecule has 1 aromatic heterocycles. The van der Waals surface area contributed by atoms with Crippen LogP contribution in [0.2, 0.25) is 0 Å². The number of hydrogen-bond donors (Lipinski definition) is 1. The quantitative estimate of drug-likeness (QED) is 0.881. The summed E-state index contributed by atoms with van der Waals surface area (Å²) >= 11 is 0. The molecule has 1 saturated heterocycles. The molecule has 5 heteroatoms. The summed E-state index contributed by atoms with van der Waals surface area (Å²) in [4.78, 5) is 12.3. The van der Waals surface area contributed by atoms with E-state index in [4.69, 9.17) is 4.74 Å².